The number of nitrogens with zero attached hydrogens (tertiary/aromatic N) is 2. The van der Waals surface area contributed by atoms with Crippen LogP contribution in [0.5, 0.6) is 0 Å². The molecule has 2 aliphatic carbocycles. The molecular formula is C27H32N2O2S. The molecule has 1 aliphatic heterocycles. The predicted molar refractivity (Wildman–Crippen MR) is 130 cm³/mol. The fourth-order valence-corrected chi connectivity index (χ4v) is 6.89. The van der Waals surface area contributed by atoms with E-state index in [1.807, 2.05) is 4.57 Å². The Morgan fingerprint density at radius 1 is 1.25 bits per heavy atom. The Labute approximate surface area is 195 Å². The lowest BCUT2D eigenvalue weighted by Gasteiger charge is -2.43. The summed E-state index contributed by atoms with van der Waals surface area (Å²) >= 11 is 1.51. The number of fused-ring (bicyclic) bond motifs is 4. The SMILES string of the molecule is C#CCSc1nc2c(c(=O)n1[C@@H]1CCOC(C)(C)C1)C1(CCCCC1)Cc1ccccc1-2. The summed E-state index contributed by atoms with van der Waals surface area (Å²) in [6, 6.07) is 8.61. The van der Waals surface area contributed by atoms with E-state index >= 15 is 0 Å². The molecule has 1 saturated heterocycles. The van der Waals surface area contributed by atoms with Gasteiger partial charge in [-0.05, 0) is 51.5 Å². The first-order valence-corrected chi connectivity index (χ1v) is 12.9. The number of ether oxygens (including phenoxy) is 1. The van der Waals surface area contributed by atoms with E-state index in [2.05, 4.69) is 44.0 Å². The Kier molecular flexibility index (Phi) is 5.72. The van der Waals surface area contributed by atoms with E-state index in [-0.39, 0.29) is 22.6 Å². The van der Waals surface area contributed by atoms with Gasteiger partial charge in [-0.25, -0.2) is 4.98 Å². The lowest BCUT2D eigenvalue weighted by Crippen LogP contribution is -2.45. The molecule has 0 N–H and O–H groups in total. The van der Waals surface area contributed by atoms with Gasteiger partial charge in [-0.2, -0.15) is 0 Å². The molecule has 2 heterocycles. The average molecular weight is 449 g/mol. The van der Waals surface area contributed by atoms with Gasteiger partial charge in [0, 0.05) is 23.6 Å². The number of thioether (sulfide) groups is 1. The Morgan fingerprint density at radius 2 is 2.03 bits per heavy atom. The Bertz CT molecular complexity index is 1120. The maximum Gasteiger partial charge on any atom is 0.258 e. The van der Waals surface area contributed by atoms with E-state index in [0.717, 1.165) is 54.1 Å². The van der Waals surface area contributed by atoms with Crippen LogP contribution in [0.25, 0.3) is 11.3 Å². The van der Waals surface area contributed by atoms with Gasteiger partial charge in [-0.1, -0.05) is 61.2 Å². The molecule has 5 rings (SSSR count). The molecule has 1 aromatic carbocycles. The van der Waals surface area contributed by atoms with Crippen molar-refractivity contribution in [1.29, 1.82) is 0 Å². The highest BCUT2D eigenvalue weighted by atomic mass is 32.2. The lowest BCUT2D eigenvalue weighted by atomic mass is 9.62. The first-order valence-electron chi connectivity index (χ1n) is 11.9. The van der Waals surface area contributed by atoms with Crippen LogP contribution in [0.4, 0.5) is 0 Å². The molecule has 1 spiro atoms. The zero-order valence-corrected chi connectivity index (χ0v) is 20.0. The van der Waals surface area contributed by atoms with Crippen LogP contribution in [0.2, 0.25) is 0 Å². The van der Waals surface area contributed by atoms with E-state index in [0.29, 0.717) is 12.4 Å². The minimum Gasteiger partial charge on any atom is -0.375 e. The van der Waals surface area contributed by atoms with Crippen LogP contribution in [0.1, 0.15) is 76.0 Å². The second-order valence-corrected chi connectivity index (χ2v) is 11.2. The topological polar surface area (TPSA) is 44.1 Å². The third kappa shape index (κ3) is 3.72. The smallest absolute Gasteiger partial charge is 0.258 e. The van der Waals surface area contributed by atoms with Crippen molar-refractivity contribution in [2.45, 2.75) is 87.4 Å². The maximum atomic E-state index is 14.4. The van der Waals surface area contributed by atoms with Crippen molar-refractivity contribution in [3.63, 3.8) is 0 Å². The monoisotopic (exact) mass is 448 g/mol. The predicted octanol–water partition coefficient (Wildman–Crippen LogP) is 5.52. The summed E-state index contributed by atoms with van der Waals surface area (Å²) in [5, 5.41) is 0.761. The van der Waals surface area contributed by atoms with E-state index in [4.69, 9.17) is 16.1 Å². The summed E-state index contributed by atoms with van der Waals surface area (Å²) in [6.45, 7) is 4.89. The molecule has 1 atom stereocenters. The molecule has 1 aromatic heterocycles. The van der Waals surface area contributed by atoms with E-state index < -0.39 is 0 Å². The van der Waals surface area contributed by atoms with E-state index in [9.17, 15) is 4.79 Å². The Morgan fingerprint density at radius 3 is 2.78 bits per heavy atom. The number of rotatable bonds is 3. The first-order chi connectivity index (χ1) is 15.4. The fourth-order valence-electron chi connectivity index (χ4n) is 6.15. The number of benzene rings is 1. The zero-order valence-electron chi connectivity index (χ0n) is 19.2. The third-order valence-corrected chi connectivity index (χ3v) is 8.40. The second-order valence-electron chi connectivity index (χ2n) is 10.2. The molecule has 1 saturated carbocycles. The highest BCUT2D eigenvalue weighted by Gasteiger charge is 2.44. The second kappa shape index (κ2) is 8.39. The molecule has 5 heteroatoms. The minimum absolute atomic E-state index is 0.0853. The van der Waals surface area contributed by atoms with Gasteiger partial charge >= 0.3 is 0 Å². The molecule has 0 radical (unpaired) electrons. The molecule has 0 bridgehead atoms. The van der Waals surface area contributed by atoms with Crippen molar-refractivity contribution < 1.29 is 4.74 Å². The van der Waals surface area contributed by atoms with Crippen molar-refractivity contribution in [3.8, 4) is 23.6 Å². The van der Waals surface area contributed by atoms with Crippen LogP contribution in [-0.4, -0.2) is 27.5 Å². The summed E-state index contributed by atoms with van der Waals surface area (Å²) in [4.78, 5) is 19.6. The van der Waals surface area contributed by atoms with Gasteiger partial charge < -0.3 is 4.74 Å². The zero-order chi connectivity index (χ0) is 22.3. The fraction of sp³-hybridized carbons (Fsp3) is 0.556. The van der Waals surface area contributed by atoms with E-state index in [1.54, 1.807) is 0 Å². The molecule has 0 amide bonds. The van der Waals surface area contributed by atoms with Crippen molar-refractivity contribution in [1.82, 2.24) is 9.55 Å². The highest BCUT2D eigenvalue weighted by molar-refractivity contribution is 7.99. The number of terminal acetylenes is 1. The molecule has 0 unspecified atom stereocenters. The summed E-state index contributed by atoms with van der Waals surface area (Å²) in [6.07, 6.45) is 13.9. The van der Waals surface area contributed by atoms with Crippen molar-refractivity contribution in [2.75, 3.05) is 12.4 Å². The molecule has 32 heavy (non-hydrogen) atoms. The number of hydrogen-bond acceptors (Lipinski definition) is 4. The summed E-state index contributed by atoms with van der Waals surface area (Å²) in [5.74, 6) is 3.23. The van der Waals surface area contributed by atoms with Crippen LogP contribution >= 0.6 is 11.8 Å². The van der Waals surface area contributed by atoms with Gasteiger partial charge in [0.25, 0.3) is 5.56 Å². The van der Waals surface area contributed by atoms with Gasteiger partial charge in [-0.3, -0.25) is 9.36 Å². The van der Waals surface area contributed by atoms with E-state index in [1.165, 1.54) is 36.6 Å². The molecule has 4 nitrogen and oxygen atoms in total. The van der Waals surface area contributed by atoms with Crippen LogP contribution in [0, 0.1) is 12.3 Å². The van der Waals surface area contributed by atoms with Crippen molar-refractivity contribution in [3.05, 3.63) is 45.7 Å². The molecule has 3 aliphatic rings. The van der Waals surface area contributed by atoms with Crippen LogP contribution in [-0.2, 0) is 16.6 Å². The first kappa shape index (κ1) is 21.8. The Balaban J connectivity index is 1.75. The lowest BCUT2D eigenvalue weighted by molar-refractivity contribution is -0.0710. The molecule has 2 fully saturated rings. The van der Waals surface area contributed by atoms with Gasteiger partial charge in [0.2, 0.25) is 0 Å². The third-order valence-electron chi connectivity index (χ3n) is 7.55. The van der Waals surface area contributed by atoms with Crippen molar-refractivity contribution in [2.24, 2.45) is 0 Å². The molecule has 168 valence electrons. The molecule has 2 aromatic rings. The summed E-state index contributed by atoms with van der Waals surface area (Å²) < 4.78 is 7.97. The maximum absolute atomic E-state index is 14.4. The summed E-state index contributed by atoms with van der Waals surface area (Å²) in [5.41, 5.74) is 4.13. The Hall–Kier alpha value is -2.03. The summed E-state index contributed by atoms with van der Waals surface area (Å²) in [7, 11) is 0. The quantitative estimate of drug-likeness (QED) is 0.352. The molecular weight excluding hydrogens is 416 g/mol. The number of aromatic nitrogens is 2. The standard InChI is InChI=1S/C27H32N2O2S/c1-4-16-32-25-28-23-21-11-7-6-10-19(21)17-27(13-8-5-9-14-27)22(23)24(30)29(25)20-12-15-31-26(2,3)18-20/h1,6-7,10-11,20H,5,8-9,12-18H2,2-3H3/t20-/m1/s1. The van der Waals surface area contributed by atoms with Gasteiger partial charge in [0.15, 0.2) is 5.16 Å². The highest BCUT2D eigenvalue weighted by Crippen LogP contribution is 2.49. The normalized spacial score (nSPS) is 23.2. The van der Waals surface area contributed by atoms with Gasteiger partial charge in [0.05, 0.1) is 22.6 Å². The van der Waals surface area contributed by atoms with Crippen molar-refractivity contribution >= 4 is 11.8 Å². The minimum atomic E-state index is -0.249. The van der Waals surface area contributed by atoms with Gasteiger partial charge in [0.1, 0.15) is 0 Å². The van der Waals surface area contributed by atoms with Crippen LogP contribution < -0.4 is 5.56 Å². The van der Waals surface area contributed by atoms with Gasteiger partial charge in [-0.15, -0.1) is 6.42 Å². The largest absolute Gasteiger partial charge is 0.375 e. The van der Waals surface area contributed by atoms with Crippen LogP contribution in [0.3, 0.4) is 0 Å². The number of hydrogen-bond donors (Lipinski definition) is 0. The van der Waals surface area contributed by atoms with Crippen LogP contribution in [0.15, 0.2) is 34.2 Å². The average Bonchev–Trinajstić information content (AvgIpc) is 2.77.